The SMILES string of the molecule is CCCCCc1cccc(-c2c(C)cccc2C)c1. The van der Waals surface area contributed by atoms with E-state index in [1.54, 1.807) is 0 Å². The molecule has 0 amide bonds. The molecular formula is C19H24. The van der Waals surface area contributed by atoms with E-state index in [1.165, 1.54) is 53.5 Å². The number of hydrogen-bond acceptors (Lipinski definition) is 0. The van der Waals surface area contributed by atoms with Crippen LogP contribution >= 0.6 is 0 Å². The summed E-state index contributed by atoms with van der Waals surface area (Å²) in [5, 5.41) is 0. The normalized spacial score (nSPS) is 10.7. The highest BCUT2D eigenvalue weighted by Crippen LogP contribution is 2.28. The van der Waals surface area contributed by atoms with Crippen LogP contribution < -0.4 is 0 Å². The molecule has 2 aromatic carbocycles. The molecule has 0 bridgehead atoms. The van der Waals surface area contributed by atoms with Gasteiger partial charge in [-0.1, -0.05) is 62.2 Å². The van der Waals surface area contributed by atoms with E-state index < -0.39 is 0 Å². The highest BCUT2D eigenvalue weighted by Gasteiger charge is 2.05. The summed E-state index contributed by atoms with van der Waals surface area (Å²) in [5.41, 5.74) is 6.97. The minimum absolute atomic E-state index is 1.20. The van der Waals surface area contributed by atoms with E-state index in [9.17, 15) is 0 Å². The zero-order chi connectivity index (χ0) is 13.7. The van der Waals surface area contributed by atoms with Crippen LogP contribution in [0.4, 0.5) is 0 Å². The predicted octanol–water partition coefficient (Wildman–Crippen LogP) is 5.70. The molecule has 0 saturated heterocycles. The van der Waals surface area contributed by atoms with Crippen molar-refractivity contribution in [1.29, 1.82) is 0 Å². The molecule has 0 saturated carbocycles. The van der Waals surface area contributed by atoms with Crippen molar-refractivity contribution in [1.82, 2.24) is 0 Å². The minimum Gasteiger partial charge on any atom is -0.0654 e. The molecule has 0 radical (unpaired) electrons. The third kappa shape index (κ3) is 3.47. The Kier molecular flexibility index (Phi) is 4.79. The Morgan fingerprint density at radius 1 is 0.842 bits per heavy atom. The maximum Gasteiger partial charge on any atom is -0.0125 e. The first-order valence-electron chi connectivity index (χ1n) is 7.38. The van der Waals surface area contributed by atoms with Crippen molar-refractivity contribution in [2.24, 2.45) is 0 Å². The maximum absolute atomic E-state index is 2.37. The first kappa shape index (κ1) is 13.9. The van der Waals surface area contributed by atoms with Gasteiger partial charge in [-0.2, -0.15) is 0 Å². The van der Waals surface area contributed by atoms with Gasteiger partial charge < -0.3 is 0 Å². The van der Waals surface area contributed by atoms with Crippen LogP contribution in [-0.4, -0.2) is 0 Å². The molecule has 2 rings (SSSR count). The molecule has 19 heavy (non-hydrogen) atoms. The third-order valence-electron chi connectivity index (χ3n) is 3.77. The average Bonchev–Trinajstić information content (AvgIpc) is 2.39. The number of hydrogen-bond donors (Lipinski definition) is 0. The number of aryl methyl sites for hydroxylation is 3. The van der Waals surface area contributed by atoms with Gasteiger partial charge in [-0.15, -0.1) is 0 Å². The first-order chi connectivity index (χ1) is 9.22. The van der Waals surface area contributed by atoms with Crippen molar-refractivity contribution in [2.45, 2.75) is 46.5 Å². The van der Waals surface area contributed by atoms with Gasteiger partial charge in [0.15, 0.2) is 0 Å². The van der Waals surface area contributed by atoms with Crippen molar-refractivity contribution in [2.75, 3.05) is 0 Å². The molecule has 0 heteroatoms. The monoisotopic (exact) mass is 252 g/mol. The van der Waals surface area contributed by atoms with E-state index in [4.69, 9.17) is 0 Å². The predicted molar refractivity (Wildman–Crippen MR) is 84.6 cm³/mol. The zero-order valence-electron chi connectivity index (χ0n) is 12.4. The molecule has 0 atom stereocenters. The molecule has 0 aliphatic rings. The van der Waals surface area contributed by atoms with Crippen LogP contribution in [0.1, 0.15) is 42.9 Å². The molecule has 0 N–H and O–H groups in total. The summed E-state index contributed by atoms with van der Waals surface area (Å²) in [6, 6.07) is 15.6. The molecule has 100 valence electrons. The third-order valence-corrected chi connectivity index (χ3v) is 3.77. The fourth-order valence-electron chi connectivity index (χ4n) is 2.73. The second-order valence-corrected chi connectivity index (χ2v) is 5.42. The number of unbranched alkanes of at least 4 members (excludes halogenated alkanes) is 2. The van der Waals surface area contributed by atoms with E-state index in [1.807, 2.05) is 0 Å². The molecule has 0 heterocycles. The van der Waals surface area contributed by atoms with E-state index in [0.29, 0.717) is 0 Å². The lowest BCUT2D eigenvalue weighted by Gasteiger charge is -2.11. The lowest BCUT2D eigenvalue weighted by molar-refractivity contribution is 0.717. The first-order valence-corrected chi connectivity index (χ1v) is 7.38. The van der Waals surface area contributed by atoms with E-state index in [2.05, 4.69) is 63.2 Å². The van der Waals surface area contributed by atoms with Crippen LogP contribution in [0.2, 0.25) is 0 Å². The van der Waals surface area contributed by atoms with Crippen LogP contribution in [0.5, 0.6) is 0 Å². The Bertz CT molecular complexity index is 517. The molecule has 0 aromatic heterocycles. The van der Waals surface area contributed by atoms with Crippen LogP contribution in [-0.2, 0) is 6.42 Å². The van der Waals surface area contributed by atoms with Gasteiger partial charge in [0, 0.05) is 0 Å². The van der Waals surface area contributed by atoms with Crippen molar-refractivity contribution >= 4 is 0 Å². The van der Waals surface area contributed by atoms with Crippen molar-refractivity contribution in [3.63, 3.8) is 0 Å². The standard InChI is InChI=1S/C19H24/c1-4-5-6-11-17-12-8-13-18(14-17)19-15(2)9-7-10-16(19)3/h7-10,12-14H,4-6,11H2,1-3H3. The number of rotatable bonds is 5. The summed E-state index contributed by atoms with van der Waals surface area (Å²) >= 11 is 0. The lowest BCUT2D eigenvalue weighted by Crippen LogP contribution is -1.90. The second kappa shape index (κ2) is 6.56. The van der Waals surface area contributed by atoms with Crippen LogP contribution in [0.25, 0.3) is 11.1 Å². The molecule has 0 aliphatic carbocycles. The van der Waals surface area contributed by atoms with Crippen molar-refractivity contribution in [3.05, 3.63) is 59.2 Å². The van der Waals surface area contributed by atoms with Gasteiger partial charge in [0.1, 0.15) is 0 Å². The van der Waals surface area contributed by atoms with Gasteiger partial charge >= 0.3 is 0 Å². The molecule has 0 unspecified atom stereocenters. The summed E-state index contributed by atoms with van der Waals surface area (Å²) < 4.78 is 0. The Balaban J connectivity index is 2.28. The van der Waals surface area contributed by atoms with Crippen molar-refractivity contribution in [3.8, 4) is 11.1 Å². The van der Waals surface area contributed by atoms with Gasteiger partial charge in [-0.25, -0.2) is 0 Å². The molecule has 2 aromatic rings. The molecule has 0 nitrogen and oxygen atoms in total. The average molecular weight is 252 g/mol. The fraction of sp³-hybridized carbons (Fsp3) is 0.368. The molecule has 0 spiro atoms. The molecular weight excluding hydrogens is 228 g/mol. The maximum atomic E-state index is 2.37. The van der Waals surface area contributed by atoms with Gasteiger partial charge in [0.05, 0.1) is 0 Å². The Morgan fingerprint density at radius 2 is 1.53 bits per heavy atom. The van der Waals surface area contributed by atoms with Crippen LogP contribution in [0, 0.1) is 13.8 Å². The van der Waals surface area contributed by atoms with Gasteiger partial charge in [-0.3, -0.25) is 0 Å². The summed E-state index contributed by atoms with van der Waals surface area (Å²) in [7, 11) is 0. The summed E-state index contributed by atoms with van der Waals surface area (Å²) in [6.07, 6.45) is 5.11. The summed E-state index contributed by atoms with van der Waals surface area (Å²) in [4.78, 5) is 0. The van der Waals surface area contributed by atoms with Crippen LogP contribution in [0.3, 0.4) is 0 Å². The highest BCUT2D eigenvalue weighted by atomic mass is 14.1. The highest BCUT2D eigenvalue weighted by molar-refractivity contribution is 5.71. The van der Waals surface area contributed by atoms with Gasteiger partial charge in [0.2, 0.25) is 0 Å². The Morgan fingerprint density at radius 3 is 2.21 bits per heavy atom. The minimum atomic E-state index is 1.20. The quantitative estimate of drug-likeness (QED) is 0.598. The fourth-order valence-corrected chi connectivity index (χ4v) is 2.73. The zero-order valence-corrected chi connectivity index (χ0v) is 12.4. The second-order valence-electron chi connectivity index (χ2n) is 5.42. The van der Waals surface area contributed by atoms with Crippen LogP contribution in [0.15, 0.2) is 42.5 Å². The van der Waals surface area contributed by atoms with E-state index in [-0.39, 0.29) is 0 Å². The smallest absolute Gasteiger partial charge is 0.0125 e. The molecule has 0 aliphatic heterocycles. The van der Waals surface area contributed by atoms with Gasteiger partial charge in [0.25, 0.3) is 0 Å². The lowest BCUT2D eigenvalue weighted by atomic mass is 9.94. The summed E-state index contributed by atoms with van der Waals surface area (Å²) in [5.74, 6) is 0. The Hall–Kier alpha value is -1.56. The number of benzene rings is 2. The Labute approximate surface area is 117 Å². The van der Waals surface area contributed by atoms with Gasteiger partial charge in [-0.05, 0) is 54.5 Å². The van der Waals surface area contributed by atoms with E-state index >= 15 is 0 Å². The largest absolute Gasteiger partial charge is 0.0654 e. The van der Waals surface area contributed by atoms with E-state index in [0.717, 1.165) is 0 Å². The van der Waals surface area contributed by atoms with Crippen molar-refractivity contribution < 1.29 is 0 Å². The summed E-state index contributed by atoms with van der Waals surface area (Å²) in [6.45, 7) is 6.66. The topological polar surface area (TPSA) is 0 Å². The molecule has 0 fully saturated rings.